The first-order valence-corrected chi connectivity index (χ1v) is 8.30. The van der Waals surface area contributed by atoms with E-state index in [-0.39, 0.29) is 18.4 Å². The average molecular weight is 299 g/mol. The molecule has 1 rings (SSSR count). The van der Waals surface area contributed by atoms with Gasteiger partial charge in [0.15, 0.2) is 9.84 Å². The Bertz CT molecular complexity index is 537. The smallest absolute Gasteiger partial charge is 0.321 e. The number of sulfone groups is 1. The van der Waals surface area contributed by atoms with Gasteiger partial charge in [0.05, 0.1) is 12.4 Å². The Balaban J connectivity index is 2.77. The molecule has 1 aromatic rings. The molecule has 1 aromatic carbocycles. The first kappa shape index (κ1) is 16.7. The monoisotopic (exact) mass is 299 g/mol. The second-order valence-corrected chi connectivity index (χ2v) is 6.72. The fraction of sp³-hybridized carbons (Fsp3) is 0.500. The molecule has 112 valence electrons. The number of aryl methyl sites for hydroxylation is 1. The van der Waals surface area contributed by atoms with E-state index in [1.807, 2.05) is 31.2 Å². The largest absolute Gasteiger partial charge is 0.465 e. The SMILES string of the molecule is CCOC(=O)CS(=O)(=O)CC(NC)c1ccc(C)cc1. The summed E-state index contributed by atoms with van der Waals surface area (Å²) in [6, 6.07) is 7.29. The van der Waals surface area contributed by atoms with Crippen molar-refractivity contribution in [3.63, 3.8) is 0 Å². The Morgan fingerprint density at radius 3 is 2.40 bits per heavy atom. The van der Waals surface area contributed by atoms with Crippen LogP contribution in [0, 0.1) is 6.92 Å². The van der Waals surface area contributed by atoms with Crippen molar-refractivity contribution in [2.24, 2.45) is 0 Å². The molecule has 0 aliphatic heterocycles. The molecule has 0 heterocycles. The number of carbonyl (C=O) groups is 1. The number of benzene rings is 1. The van der Waals surface area contributed by atoms with Gasteiger partial charge in [-0.1, -0.05) is 29.8 Å². The van der Waals surface area contributed by atoms with Crippen molar-refractivity contribution in [2.45, 2.75) is 19.9 Å². The summed E-state index contributed by atoms with van der Waals surface area (Å²) >= 11 is 0. The van der Waals surface area contributed by atoms with Gasteiger partial charge in [0.1, 0.15) is 5.75 Å². The first-order chi connectivity index (χ1) is 9.38. The van der Waals surface area contributed by atoms with Gasteiger partial charge in [0.25, 0.3) is 0 Å². The van der Waals surface area contributed by atoms with Crippen LogP contribution in [0.2, 0.25) is 0 Å². The molecule has 0 bridgehead atoms. The number of rotatable bonds is 7. The first-order valence-electron chi connectivity index (χ1n) is 6.48. The summed E-state index contributed by atoms with van der Waals surface area (Å²) in [4.78, 5) is 11.3. The Labute approximate surface area is 120 Å². The minimum atomic E-state index is -3.51. The third kappa shape index (κ3) is 5.30. The van der Waals surface area contributed by atoms with Crippen molar-refractivity contribution < 1.29 is 17.9 Å². The number of hydrogen-bond donors (Lipinski definition) is 1. The van der Waals surface area contributed by atoms with E-state index in [0.717, 1.165) is 11.1 Å². The number of ether oxygens (including phenoxy) is 1. The number of hydrogen-bond acceptors (Lipinski definition) is 5. The summed E-state index contributed by atoms with van der Waals surface area (Å²) in [7, 11) is -1.81. The molecule has 0 saturated carbocycles. The normalized spacial score (nSPS) is 12.9. The van der Waals surface area contributed by atoms with Crippen LogP contribution in [-0.2, 0) is 19.4 Å². The van der Waals surface area contributed by atoms with Crippen molar-refractivity contribution in [3.8, 4) is 0 Å². The molecule has 0 aliphatic rings. The molecule has 1 atom stereocenters. The second kappa shape index (κ2) is 7.40. The van der Waals surface area contributed by atoms with Crippen molar-refractivity contribution in [1.82, 2.24) is 5.32 Å². The maximum atomic E-state index is 12.0. The Morgan fingerprint density at radius 2 is 1.90 bits per heavy atom. The predicted molar refractivity (Wildman–Crippen MR) is 78.3 cm³/mol. The molecule has 20 heavy (non-hydrogen) atoms. The van der Waals surface area contributed by atoms with Gasteiger partial charge in [-0.2, -0.15) is 0 Å². The third-order valence-corrected chi connectivity index (χ3v) is 4.41. The van der Waals surface area contributed by atoms with Crippen LogP contribution in [0.5, 0.6) is 0 Å². The van der Waals surface area contributed by atoms with Crippen LogP contribution in [0.3, 0.4) is 0 Å². The van der Waals surface area contributed by atoms with Crippen LogP contribution in [0.15, 0.2) is 24.3 Å². The lowest BCUT2D eigenvalue weighted by molar-refractivity contribution is -0.139. The minimum absolute atomic E-state index is 0.134. The zero-order valence-corrected chi connectivity index (χ0v) is 12.9. The number of esters is 1. The van der Waals surface area contributed by atoms with Gasteiger partial charge >= 0.3 is 5.97 Å². The van der Waals surface area contributed by atoms with Crippen molar-refractivity contribution >= 4 is 15.8 Å². The quantitative estimate of drug-likeness (QED) is 0.767. The van der Waals surface area contributed by atoms with Gasteiger partial charge < -0.3 is 10.1 Å². The van der Waals surface area contributed by atoms with Gasteiger partial charge in [0, 0.05) is 6.04 Å². The lowest BCUT2D eigenvalue weighted by Crippen LogP contribution is -2.29. The maximum Gasteiger partial charge on any atom is 0.321 e. The van der Waals surface area contributed by atoms with E-state index in [0.29, 0.717) is 0 Å². The van der Waals surface area contributed by atoms with E-state index in [1.165, 1.54) is 0 Å². The van der Waals surface area contributed by atoms with Crippen LogP contribution in [0.1, 0.15) is 24.1 Å². The third-order valence-electron chi connectivity index (χ3n) is 2.89. The van der Waals surface area contributed by atoms with Crippen molar-refractivity contribution in [3.05, 3.63) is 35.4 Å². The zero-order chi connectivity index (χ0) is 15.2. The van der Waals surface area contributed by atoms with Crippen molar-refractivity contribution in [2.75, 3.05) is 25.2 Å². The van der Waals surface area contributed by atoms with Gasteiger partial charge in [0.2, 0.25) is 0 Å². The van der Waals surface area contributed by atoms with Crippen LogP contribution in [-0.4, -0.2) is 39.5 Å². The Kier molecular flexibility index (Phi) is 6.16. The Morgan fingerprint density at radius 1 is 1.30 bits per heavy atom. The highest BCUT2D eigenvalue weighted by molar-refractivity contribution is 7.92. The van der Waals surface area contributed by atoms with Crippen LogP contribution >= 0.6 is 0 Å². The van der Waals surface area contributed by atoms with Gasteiger partial charge in [-0.15, -0.1) is 0 Å². The predicted octanol–water partition coefficient (Wildman–Crippen LogP) is 1.23. The molecule has 0 amide bonds. The summed E-state index contributed by atoms with van der Waals surface area (Å²) in [5, 5.41) is 2.97. The molecule has 0 fully saturated rings. The summed E-state index contributed by atoms with van der Waals surface area (Å²) in [5.74, 6) is -1.41. The fourth-order valence-electron chi connectivity index (χ4n) is 1.84. The molecule has 1 N–H and O–H groups in total. The van der Waals surface area contributed by atoms with E-state index < -0.39 is 21.6 Å². The second-order valence-electron chi connectivity index (χ2n) is 4.61. The van der Waals surface area contributed by atoms with Crippen molar-refractivity contribution in [1.29, 1.82) is 0 Å². The topological polar surface area (TPSA) is 72.5 Å². The highest BCUT2D eigenvalue weighted by Crippen LogP contribution is 2.16. The molecular weight excluding hydrogens is 278 g/mol. The van der Waals surface area contributed by atoms with E-state index in [2.05, 4.69) is 10.1 Å². The molecule has 0 radical (unpaired) electrons. The summed E-state index contributed by atoms with van der Waals surface area (Å²) in [6.07, 6.45) is 0. The maximum absolute atomic E-state index is 12.0. The lowest BCUT2D eigenvalue weighted by atomic mass is 10.1. The minimum Gasteiger partial charge on any atom is -0.465 e. The summed E-state index contributed by atoms with van der Waals surface area (Å²) in [6.45, 7) is 3.80. The average Bonchev–Trinajstić information content (AvgIpc) is 2.36. The highest BCUT2D eigenvalue weighted by Gasteiger charge is 2.23. The molecule has 1 unspecified atom stereocenters. The molecule has 0 aromatic heterocycles. The molecule has 0 aliphatic carbocycles. The molecule has 5 nitrogen and oxygen atoms in total. The number of nitrogens with one attached hydrogen (secondary N) is 1. The molecular formula is C14H21NO4S. The standard InChI is InChI=1S/C14H21NO4S/c1-4-19-14(16)10-20(17,18)9-13(15-3)12-7-5-11(2)6-8-12/h5-8,13,15H,4,9-10H2,1-3H3. The number of carbonyl (C=O) groups excluding carboxylic acids is 1. The van der Waals surface area contributed by atoms with Crippen LogP contribution in [0.25, 0.3) is 0 Å². The van der Waals surface area contributed by atoms with Gasteiger partial charge in [-0.3, -0.25) is 4.79 Å². The van der Waals surface area contributed by atoms with Crippen LogP contribution < -0.4 is 5.32 Å². The van der Waals surface area contributed by atoms with Crippen LogP contribution in [0.4, 0.5) is 0 Å². The molecule has 6 heteroatoms. The van der Waals surface area contributed by atoms with E-state index in [1.54, 1.807) is 14.0 Å². The highest BCUT2D eigenvalue weighted by atomic mass is 32.2. The molecule has 0 saturated heterocycles. The van der Waals surface area contributed by atoms with Gasteiger partial charge in [-0.05, 0) is 26.5 Å². The zero-order valence-electron chi connectivity index (χ0n) is 12.0. The Hall–Kier alpha value is -1.40. The van der Waals surface area contributed by atoms with E-state index >= 15 is 0 Å². The van der Waals surface area contributed by atoms with E-state index in [9.17, 15) is 13.2 Å². The summed E-state index contributed by atoms with van der Waals surface area (Å²) in [5.41, 5.74) is 1.99. The fourth-order valence-corrected chi connectivity index (χ4v) is 3.27. The van der Waals surface area contributed by atoms with Gasteiger partial charge in [-0.25, -0.2) is 8.42 Å². The lowest BCUT2D eigenvalue weighted by Gasteiger charge is -2.16. The molecule has 0 spiro atoms. The summed E-state index contributed by atoms with van der Waals surface area (Å²) < 4.78 is 28.6. The van der Waals surface area contributed by atoms with E-state index in [4.69, 9.17) is 0 Å².